The van der Waals surface area contributed by atoms with E-state index in [4.69, 9.17) is 0 Å². The van der Waals surface area contributed by atoms with Crippen molar-refractivity contribution in [2.75, 3.05) is 19.6 Å². The molecule has 1 aromatic rings. The fraction of sp³-hybridized carbons (Fsp3) is 0.600. The number of amides is 1. The average Bonchev–Trinajstić information content (AvgIpc) is 3.08. The molecule has 5 nitrogen and oxygen atoms in total. The van der Waals surface area contributed by atoms with Gasteiger partial charge in [-0.1, -0.05) is 19.1 Å². The predicted molar refractivity (Wildman–Crippen MR) is 119 cm³/mol. The third-order valence-electron chi connectivity index (χ3n) is 4.81. The van der Waals surface area contributed by atoms with Crippen LogP contribution in [-0.4, -0.2) is 42.4 Å². The van der Waals surface area contributed by atoms with Gasteiger partial charge in [0.25, 0.3) is 0 Å². The van der Waals surface area contributed by atoms with Crippen molar-refractivity contribution in [2.24, 2.45) is 4.99 Å². The minimum absolute atomic E-state index is 0. The molecule has 0 aliphatic carbocycles. The van der Waals surface area contributed by atoms with Gasteiger partial charge in [0.15, 0.2) is 5.96 Å². The maximum absolute atomic E-state index is 12.8. The second-order valence-corrected chi connectivity index (χ2v) is 6.86. The highest BCUT2D eigenvalue weighted by Crippen LogP contribution is 2.29. The van der Waals surface area contributed by atoms with Gasteiger partial charge in [-0.2, -0.15) is 13.2 Å². The Morgan fingerprint density at radius 2 is 2.03 bits per heavy atom. The van der Waals surface area contributed by atoms with Crippen LogP contribution in [0.15, 0.2) is 29.3 Å². The van der Waals surface area contributed by atoms with Crippen molar-refractivity contribution < 1.29 is 18.0 Å². The van der Waals surface area contributed by atoms with E-state index < -0.39 is 11.7 Å². The predicted octanol–water partition coefficient (Wildman–Crippen LogP) is 4.17. The number of hydrogen-bond donors (Lipinski definition) is 2. The molecule has 1 heterocycles. The fourth-order valence-electron chi connectivity index (χ4n) is 3.35. The second-order valence-electron chi connectivity index (χ2n) is 6.86. The van der Waals surface area contributed by atoms with Gasteiger partial charge in [-0.3, -0.25) is 4.79 Å². The van der Waals surface area contributed by atoms with Crippen LogP contribution in [0.1, 0.15) is 50.7 Å². The number of nitrogens with one attached hydrogen (secondary N) is 2. The van der Waals surface area contributed by atoms with Gasteiger partial charge < -0.3 is 15.5 Å². The Balaban J connectivity index is 0.00000420. The molecule has 1 atom stereocenters. The SMILES string of the molecule is CCNC(=NCc1cccc(C(F)(F)F)c1)NCCC(CC)N1CCCC1=O.I. The van der Waals surface area contributed by atoms with Crippen LogP contribution < -0.4 is 10.6 Å². The summed E-state index contributed by atoms with van der Waals surface area (Å²) in [6, 6.07) is 5.41. The van der Waals surface area contributed by atoms with Crippen LogP contribution in [0.2, 0.25) is 0 Å². The maximum Gasteiger partial charge on any atom is 0.416 e. The van der Waals surface area contributed by atoms with E-state index in [2.05, 4.69) is 22.5 Å². The molecule has 29 heavy (non-hydrogen) atoms. The molecule has 0 spiro atoms. The zero-order chi connectivity index (χ0) is 20.6. The topological polar surface area (TPSA) is 56.7 Å². The first kappa shape index (κ1) is 25.5. The minimum atomic E-state index is -4.36. The molecule has 1 aliphatic heterocycles. The van der Waals surface area contributed by atoms with Gasteiger partial charge in [0, 0.05) is 32.1 Å². The van der Waals surface area contributed by atoms with Crippen molar-refractivity contribution in [3.63, 3.8) is 0 Å². The lowest BCUT2D eigenvalue weighted by molar-refractivity contribution is -0.137. The molecule has 0 aromatic heterocycles. The molecule has 1 amide bonds. The van der Waals surface area contributed by atoms with E-state index in [9.17, 15) is 18.0 Å². The molecule has 164 valence electrons. The highest BCUT2D eigenvalue weighted by Gasteiger charge is 2.30. The molecule has 2 rings (SSSR count). The van der Waals surface area contributed by atoms with Gasteiger partial charge in [-0.25, -0.2) is 4.99 Å². The van der Waals surface area contributed by atoms with Crippen molar-refractivity contribution in [1.82, 2.24) is 15.5 Å². The van der Waals surface area contributed by atoms with Gasteiger partial charge >= 0.3 is 6.18 Å². The minimum Gasteiger partial charge on any atom is -0.357 e. The number of guanidine groups is 1. The summed E-state index contributed by atoms with van der Waals surface area (Å²) in [7, 11) is 0. The number of aliphatic imine (C=N–C) groups is 1. The van der Waals surface area contributed by atoms with Gasteiger partial charge in [-0.05, 0) is 43.9 Å². The van der Waals surface area contributed by atoms with E-state index >= 15 is 0 Å². The summed E-state index contributed by atoms with van der Waals surface area (Å²) in [6.45, 7) is 6.26. The van der Waals surface area contributed by atoms with Crippen molar-refractivity contribution >= 4 is 35.8 Å². The Bertz CT molecular complexity index is 682. The molecule has 0 saturated carbocycles. The number of benzene rings is 1. The lowest BCUT2D eigenvalue weighted by Crippen LogP contribution is -2.42. The van der Waals surface area contributed by atoms with Crippen LogP contribution in [0.4, 0.5) is 13.2 Å². The Morgan fingerprint density at radius 1 is 1.28 bits per heavy atom. The third kappa shape index (κ3) is 8.02. The number of alkyl halides is 3. The molecule has 1 saturated heterocycles. The maximum atomic E-state index is 12.8. The van der Waals surface area contributed by atoms with Crippen LogP contribution in [0.5, 0.6) is 0 Å². The number of likely N-dealkylation sites (tertiary alicyclic amines) is 1. The quantitative estimate of drug-likeness (QED) is 0.304. The molecule has 0 radical (unpaired) electrons. The number of hydrogen-bond acceptors (Lipinski definition) is 2. The van der Waals surface area contributed by atoms with Gasteiger partial charge in [0.1, 0.15) is 0 Å². The van der Waals surface area contributed by atoms with Crippen LogP contribution in [0, 0.1) is 0 Å². The molecule has 1 fully saturated rings. The zero-order valence-electron chi connectivity index (χ0n) is 16.9. The average molecular weight is 526 g/mol. The Morgan fingerprint density at radius 3 is 2.62 bits per heavy atom. The largest absolute Gasteiger partial charge is 0.416 e. The summed E-state index contributed by atoms with van der Waals surface area (Å²) >= 11 is 0. The molecule has 1 unspecified atom stereocenters. The monoisotopic (exact) mass is 526 g/mol. The smallest absolute Gasteiger partial charge is 0.357 e. The highest BCUT2D eigenvalue weighted by atomic mass is 127. The number of carbonyl (C=O) groups excluding carboxylic acids is 1. The van der Waals surface area contributed by atoms with E-state index in [-0.39, 0.29) is 42.5 Å². The normalized spacial score (nSPS) is 15.8. The standard InChI is InChI=1S/C20H29F3N4O.HI/c1-3-17(27-12-6-9-18(27)28)10-11-25-19(24-4-2)26-14-15-7-5-8-16(13-15)20(21,22)23;/h5,7-8,13,17H,3-4,6,9-12,14H2,1-2H3,(H2,24,25,26);1H. The van der Waals surface area contributed by atoms with Gasteiger partial charge in [0.05, 0.1) is 12.1 Å². The molecule has 2 N–H and O–H groups in total. The van der Waals surface area contributed by atoms with Crippen molar-refractivity contribution in [1.29, 1.82) is 0 Å². The number of carbonyl (C=O) groups is 1. The van der Waals surface area contributed by atoms with Crippen molar-refractivity contribution in [3.8, 4) is 0 Å². The van der Waals surface area contributed by atoms with E-state index in [0.29, 0.717) is 31.0 Å². The number of rotatable bonds is 8. The molecule has 0 bridgehead atoms. The van der Waals surface area contributed by atoms with Gasteiger partial charge in [-0.15, -0.1) is 24.0 Å². The summed E-state index contributed by atoms with van der Waals surface area (Å²) in [5.41, 5.74) is -0.166. The summed E-state index contributed by atoms with van der Waals surface area (Å²) in [5.74, 6) is 0.777. The Labute approximate surface area is 187 Å². The van der Waals surface area contributed by atoms with Crippen LogP contribution >= 0.6 is 24.0 Å². The first-order valence-electron chi connectivity index (χ1n) is 9.83. The molecule has 1 aliphatic rings. The van der Waals surface area contributed by atoms with Crippen LogP contribution in [0.3, 0.4) is 0 Å². The van der Waals surface area contributed by atoms with E-state index in [1.165, 1.54) is 6.07 Å². The van der Waals surface area contributed by atoms with E-state index in [0.717, 1.165) is 37.9 Å². The second kappa shape index (κ2) is 12.2. The first-order chi connectivity index (χ1) is 13.3. The summed E-state index contributed by atoms with van der Waals surface area (Å²) in [6.07, 6.45) is -1.11. The Hall–Kier alpha value is -1.52. The zero-order valence-corrected chi connectivity index (χ0v) is 19.2. The first-order valence-corrected chi connectivity index (χ1v) is 9.83. The van der Waals surface area contributed by atoms with Crippen molar-refractivity contribution in [2.45, 2.75) is 58.3 Å². The Kier molecular flexibility index (Phi) is 10.8. The molecule has 9 heteroatoms. The summed E-state index contributed by atoms with van der Waals surface area (Å²) in [5, 5.41) is 6.32. The highest BCUT2D eigenvalue weighted by molar-refractivity contribution is 14.0. The molecule has 1 aromatic carbocycles. The third-order valence-corrected chi connectivity index (χ3v) is 4.81. The number of halogens is 4. The lowest BCUT2D eigenvalue weighted by Gasteiger charge is -2.27. The molecular formula is C20H30F3IN4O. The van der Waals surface area contributed by atoms with Crippen LogP contribution in [-0.2, 0) is 17.5 Å². The number of nitrogens with zero attached hydrogens (tertiary/aromatic N) is 2. The van der Waals surface area contributed by atoms with Crippen molar-refractivity contribution in [3.05, 3.63) is 35.4 Å². The van der Waals surface area contributed by atoms with E-state index in [1.807, 2.05) is 11.8 Å². The van der Waals surface area contributed by atoms with Crippen LogP contribution in [0.25, 0.3) is 0 Å². The fourth-order valence-corrected chi connectivity index (χ4v) is 3.35. The molecular weight excluding hydrogens is 496 g/mol. The van der Waals surface area contributed by atoms with Gasteiger partial charge in [0.2, 0.25) is 5.91 Å². The summed E-state index contributed by atoms with van der Waals surface area (Å²) in [4.78, 5) is 18.3. The van der Waals surface area contributed by atoms with E-state index in [1.54, 1.807) is 6.07 Å². The summed E-state index contributed by atoms with van der Waals surface area (Å²) < 4.78 is 38.5. The lowest BCUT2D eigenvalue weighted by atomic mass is 10.1.